The van der Waals surface area contributed by atoms with Gasteiger partial charge in [0.15, 0.2) is 0 Å². The molecule has 3 N–H and O–H groups in total. The lowest BCUT2D eigenvalue weighted by Gasteiger charge is -2.39. The molecule has 0 atom stereocenters. The Morgan fingerprint density at radius 1 is 1.10 bits per heavy atom. The SMILES string of the molecule is CCCNc1cc(C)cc(C(=O)N(C)C)c1N1CCN(c2ccccc2N)CC1. The first kappa shape index (κ1) is 20.8. The number of amides is 1. The number of nitrogens with two attached hydrogens (primary N) is 1. The predicted octanol–water partition coefficient (Wildman–Crippen LogP) is 3.43. The Labute approximate surface area is 174 Å². The number of anilines is 4. The predicted molar refractivity (Wildman–Crippen MR) is 123 cm³/mol. The van der Waals surface area contributed by atoms with E-state index in [1.165, 1.54) is 0 Å². The van der Waals surface area contributed by atoms with Crippen molar-refractivity contribution in [3.63, 3.8) is 0 Å². The maximum atomic E-state index is 13.0. The Morgan fingerprint density at radius 2 is 1.76 bits per heavy atom. The molecular weight excluding hydrogens is 362 g/mol. The van der Waals surface area contributed by atoms with E-state index in [4.69, 9.17) is 5.73 Å². The van der Waals surface area contributed by atoms with Crippen molar-refractivity contribution in [1.82, 2.24) is 4.90 Å². The molecule has 0 saturated carbocycles. The summed E-state index contributed by atoms with van der Waals surface area (Å²) in [4.78, 5) is 19.3. The molecule has 6 heteroatoms. The third-order valence-corrected chi connectivity index (χ3v) is 5.33. The zero-order valence-corrected chi connectivity index (χ0v) is 18.0. The molecule has 1 aliphatic heterocycles. The molecule has 3 rings (SSSR count). The van der Waals surface area contributed by atoms with Crippen molar-refractivity contribution in [2.75, 3.05) is 67.7 Å². The van der Waals surface area contributed by atoms with Gasteiger partial charge in [0, 0.05) is 46.8 Å². The zero-order valence-electron chi connectivity index (χ0n) is 18.0. The van der Waals surface area contributed by atoms with E-state index < -0.39 is 0 Å². The second-order valence-corrected chi connectivity index (χ2v) is 7.87. The summed E-state index contributed by atoms with van der Waals surface area (Å²) in [7, 11) is 3.62. The lowest BCUT2D eigenvalue weighted by atomic mass is 10.0. The van der Waals surface area contributed by atoms with Gasteiger partial charge in [-0.1, -0.05) is 19.1 Å². The molecule has 6 nitrogen and oxygen atoms in total. The molecule has 0 aliphatic carbocycles. The first-order chi connectivity index (χ1) is 13.9. The Balaban J connectivity index is 1.91. The van der Waals surface area contributed by atoms with E-state index in [-0.39, 0.29) is 5.91 Å². The zero-order chi connectivity index (χ0) is 21.0. The number of hydrogen-bond donors (Lipinski definition) is 2. The number of nitrogen functional groups attached to an aromatic ring is 1. The van der Waals surface area contributed by atoms with Gasteiger partial charge in [0.2, 0.25) is 0 Å². The molecule has 29 heavy (non-hydrogen) atoms. The summed E-state index contributed by atoms with van der Waals surface area (Å²) in [6, 6.07) is 12.2. The van der Waals surface area contributed by atoms with E-state index in [2.05, 4.69) is 34.2 Å². The third-order valence-electron chi connectivity index (χ3n) is 5.33. The van der Waals surface area contributed by atoms with Crippen LogP contribution in [0.4, 0.5) is 22.7 Å². The molecule has 1 heterocycles. The number of rotatable bonds is 6. The highest BCUT2D eigenvalue weighted by Gasteiger charge is 2.26. The van der Waals surface area contributed by atoms with Crippen molar-refractivity contribution < 1.29 is 4.79 Å². The van der Waals surface area contributed by atoms with Crippen LogP contribution in [-0.2, 0) is 0 Å². The summed E-state index contributed by atoms with van der Waals surface area (Å²) >= 11 is 0. The fourth-order valence-corrected chi connectivity index (χ4v) is 3.86. The minimum atomic E-state index is 0.0398. The summed E-state index contributed by atoms with van der Waals surface area (Å²) in [5.41, 5.74) is 12.0. The molecular formula is C23H33N5O. The summed E-state index contributed by atoms with van der Waals surface area (Å²) < 4.78 is 0. The van der Waals surface area contributed by atoms with Gasteiger partial charge in [0.05, 0.1) is 28.3 Å². The summed E-state index contributed by atoms with van der Waals surface area (Å²) in [5, 5.41) is 3.54. The van der Waals surface area contributed by atoms with Crippen LogP contribution in [0.25, 0.3) is 0 Å². The van der Waals surface area contributed by atoms with Crippen LogP contribution < -0.4 is 20.9 Å². The van der Waals surface area contributed by atoms with E-state index >= 15 is 0 Å². The van der Waals surface area contributed by atoms with Gasteiger partial charge in [-0.2, -0.15) is 0 Å². The van der Waals surface area contributed by atoms with Gasteiger partial charge in [-0.25, -0.2) is 0 Å². The van der Waals surface area contributed by atoms with E-state index in [0.29, 0.717) is 0 Å². The molecule has 0 unspecified atom stereocenters. The molecule has 0 radical (unpaired) electrons. The molecule has 0 aromatic heterocycles. The Kier molecular flexibility index (Phi) is 6.52. The van der Waals surface area contributed by atoms with Crippen molar-refractivity contribution >= 4 is 28.7 Å². The average Bonchev–Trinajstić information content (AvgIpc) is 2.71. The van der Waals surface area contributed by atoms with Gasteiger partial charge in [-0.3, -0.25) is 4.79 Å². The lowest BCUT2D eigenvalue weighted by molar-refractivity contribution is 0.0828. The van der Waals surface area contributed by atoms with Gasteiger partial charge in [-0.15, -0.1) is 0 Å². The van der Waals surface area contributed by atoms with Crippen LogP contribution in [0.5, 0.6) is 0 Å². The van der Waals surface area contributed by atoms with Gasteiger partial charge in [0.25, 0.3) is 5.91 Å². The van der Waals surface area contributed by atoms with Crippen molar-refractivity contribution in [3.8, 4) is 0 Å². The van der Waals surface area contributed by atoms with E-state index in [9.17, 15) is 4.79 Å². The molecule has 2 aromatic rings. The van der Waals surface area contributed by atoms with E-state index in [1.807, 2.05) is 45.3 Å². The number of carbonyl (C=O) groups excluding carboxylic acids is 1. The molecule has 0 spiro atoms. The maximum absolute atomic E-state index is 13.0. The summed E-state index contributed by atoms with van der Waals surface area (Å²) in [6.45, 7) is 8.49. The number of hydrogen-bond acceptors (Lipinski definition) is 5. The van der Waals surface area contributed by atoms with Gasteiger partial charge in [0.1, 0.15) is 0 Å². The third kappa shape index (κ3) is 4.58. The quantitative estimate of drug-likeness (QED) is 0.734. The number of aryl methyl sites for hydroxylation is 1. The number of nitrogens with one attached hydrogen (secondary N) is 1. The highest BCUT2D eigenvalue weighted by molar-refractivity contribution is 6.03. The minimum absolute atomic E-state index is 0.0398. The van der Waals surface area contributed by atoms with Crippen molar-refractivity contribution in [3.05, 3.63) is 47.5 Å². The average molecular weight is 396 g/mol. The fourth-order valence-electron chi connectivity index (χ4n) is 3.86. The van der Waals surface area contributed by atoms with Crippen molar-refractivity contribution in [2.45, 2.75) is 20.3 Å². The van der Waals surface area contributed by atoms with E-state index in [1.54, 1.807) is 4.90 Å². The number of benzene rings is 2. The number of piperazine rings is 1. The normalized spacial score (nSPS) is 14.1. The largest absolute Gasteiger partial charge is 0.397 e. The topological polar surface area (TPSA) is 64.8 Å². The summed E-state index contributed by atoms with van der Waals surface area (Å²) in [6.07, 6.45) is 1.03. The Morgan fingerprint density at radius 3 is 2.38 bits per heavy atom. The second kappa shape index (κ2) is 9.07. The standard InChI is InChI=1S/C23H33N5O/c1-5-10-25-20-16-17(2)15-18(23(29)26(3)4)22(20)28-13-11-27(12-14-28)21-9-7-6-8-19(21)24/h6-9,15-16,25H,5,10-14,24H2,1-4H3. The Bertz CT molecular complexity index is 856. The molecule has 1 saturated heterocycles. The van der Waals surface area contributed by atoms with Crippen LogP contribution in [0.15, 0.2) is 36.4 Å². The monoisotopic (exact) mass is 395 g/mol. The number of nitrogens with zero attached hydrogens (tertiary/aromatic N) is 3. The minimum Gasteiger partial charge on any atom is -0.397 e. The number of para-hydroxylation sites is 2. The van der Waals surface area contributed by atoms with Crippen LogP contribution in [0.2, 0.25) is 0 Å². The highest BCUT2D eigenvalue weighted by Crippen LogP contribution is 2.34. The van der Waals surface area contributed by atoms with Crippen LogP contribution in [0, 0.1) is 6.92 Å². The van der Waals surface area contributed by atoms with Crippen LogP contribution >= 0.6 is 0 Å². The van der Waals surface area contributed by atoms with Crippen molar-refractivity contribution in [2.24, 2.45) is 0 Å². The van der Waals surface area contributed by atoms with Crippen LogP contribution in [0.1, 0.15) is 29.3 Å². The molecule has 156 valence electrons. The molecule has 0 bridgehead atoms. The van der Waals surface area contributed by atoms with E-state index in [0.717, 1.165) is 73.0 Å². The van der Waals surface area contributed by atoms with Crippen molar-refractivity contribution in [1.29, 1.82) is 0 Å². The maximum Gasteiger partial charge on any atom is 0.255 e. The molecule has 1 aliphatic rings. The lowest BCUT2D eigenvalue weighted by Crippen LogP contribution is -2.47. The molecule has 1 amide bonds. The summed E-state index contributed by atoms with van der Waals surface area (Å²) in [5.74, 6) is 0.0398. The van der Waals surface area contributed by atoms with Gasteiger partial charge in [-0.05, 0) is 43.2 Å². The van der Waals surface area contributed by atoms with Gasteiger partial charge >= 0.3 is 0 Å². The number of carbonyl (C=O) groups is 1. The molecule has 2 aromatic carbocycles. The molecule has 1 fully saturated rings. The first-order valence-electron chi connectivity index (χ1n) is 10.4. The second-order valence-electron chi connectivity index (χ2n) is 7.87. The van der Waals surface area contributed by atoms with Crippen LogP contribution in [-0.4, -0.2) is 57.6 Å². The first-order valence-corrected chi connectivity index (χ1v) is 10.4. The Hall–Kier alpha value is -2.89. The highest BCUT2D eigenvalue weighted by atomic mass is 16.2. The fraction of sp³-hybridized carbons (Fsp3) is 0.435. The van der Waals surface area contributed by atoms with Gasteiger partial charge < -0.3 is 25.8 Å². The van der Waals surface area contributed by atoms with Crippen LogP contribution in [0.3, 0.4) is 0 Å². The smallest absolute Gasteiger partial charge is 0.255 e.